The lowest BCUT2D eigenvalue weighted by atomic mass is 10.0. The predicted molar refractivity (Wildman–Crippen MR) is 359 cm³/mol. The smallest absolute Gasteiger partial charge is 0.220 e. The fourth-order valence-corrected chi connectivity index (χ4v) is 11.3. The monoisotopic (exact) mass is 1120 g/mol. The maximum atomic E-state index is 12.6. The second kappa shape index (κ2) is 71.1. The van der Waals surface area contributed by atoms with Gasteiger partial charge in [-0.3, -0.25) is 4.79 Å². The first-order valence-corrected chi connectivity index (χ1v) is 36.2. The van der Waals surface area contributed by atoms with E-state index in [0.29, 0.717) is 6.42 Å². The van der Waals surface area contributed by atoms with E-state index >= 15 is 0 Å². The predicted octanol–water partition coefficient (Wildman–Crippen LogP) is 24.8. The second-order valence-electron chi connectivity index (χ2n) is 24.6. The maximum absolute atomic E-state index is 12.6. The van der Waals surface area contributed by atoms with Crippen LogP contribution in [-0.4, -0.2) is 34.9 Å². The molecule has 0 radical (unpaired) electrons. The highest BCUT2D eigenvalue weighted by Crippen LogP contribution is 2.19. The van der Waals surface area contributed by atoms with Crippen LogP contribution in [0.3, 0.4) is 0 Å². The number of allylic oxidation sites excluding steroid dienone is 11. The van der Waals surface area contributed by atoms with Gasteiger partial charge in [0.05, 0.1) is 18.8 Å². The van der Waals surface area contributed by atoms with Gasteiger partial charge in [0.1, 0.15) is 0 Å². The van der Waals surface area contributed by atoms with Crippen molar-refractivity contribution in [2.45, 2.75) is 398 Å². The van der Waals surface area contributed by atoms with Crippen molar-refractivity contribution in [3.63, 3.8) is 0 Å². The number of carbonyl (C=O) groups is 1. The summed E-state index contributed by atoms with van der Waals surface area (Å²) in [5.41, 5.74) is 0. The van der Waals surface area contributed by atoms with Crippen LogP contribution in [0.25, 0.3) is 0 Å². The van der Waals surface area contributed by atoms with Crippen molar-refractivity contribution < 1.29 is 15.0 Å². The Morgan fingerprint density at radius 2 is 0.550 bits per heavy atom. The third-order valence-corrected chi connectivity index (χ3v) is 16.7. The molecule has 0 bridgehead atoms. The Labute approximate surface area is 501 Å². The number of unbranched alkanes of at least 4 members (excludes halogenated alkanes) is 50. The molecule has 0 spiro atoms. The molecule has 0 fully saturated rings. The molecule has 3 N–H and O–H groups in total. The molecule has 2 atom stereocenters. The Kier molecular flexibility index (Phi) is 69.2. The molecule has 0 rings (SSSR count). The zero-order valence-electron chi connectivity index (χ0n) is 54.1. The minimum absolute atomic E-state index is 0.0569. The minimum atomic E-state index is -0.841. The van der Waals surface area contributed by atoms with E-state index in [0.717, 1.165) is 57.8 Å². The number of nitrogens with one attached hydrogen (secondary N) is 1. The van der Waals surface area contributed by atoms with Crippen molar-refractivity contribution in [1.29, 1.82) is 0 Å². The largest absolute Gasteiger partial charge is 0.394 e. The number of carbonyl (C=O) groups excluding carboxylic acids is 1. The fourth-order valence-electron chi connectivity index (χ4n) is 11.3. The summed E-state index contributed by atoms with van der Waals surface area (Å²) in [4.78, 5) is 12.6. The van der Waals surface area contributed by atoms with Crippen LogP contribution in [0.2, 0.25) is 0 Å². The highest BCUT2D eigenvalue weighted by Gasteiger charge is 2.18. The van der Waals surface area contributed by atoms with Crippen molar-refractivity contribution in [3.8, 4) is 0 Å². The molecule has 0 saturated heterocycles. The highest BCUT2D eigenvalue weighted by molar-refractivity contribution is 5.76. The summed E-state index contributed by atoms with van der Waals surface area (Å²) >= 11 is 0. The summed E-state index contributed by atoms with van der Waals surface area (Å²) in [6, 6.07) is -0.624. The zero-order valence-corrected chi connectivity index (χ0v) is 54.1. The summed E-state index contributed by atoms with van der Waals surface area (Å²) in [5.74, 6) is -0.0569. The van der Waals surface area contributed by atoms with Gasteiger partial charge in [0.2, 0.25) is 5.91 Å². The van der Waals surface area contributed by atoms with Crippen LogP contribution in [0.1, 0.15) is 386 Å². The van der Waals surface area contributed by atoms with Crippen LogP contribution in [0, 0.1) is 0 Å². The van der Waals surface area contributed by atoms with Crippen LogP contribution < -0.4 is 5.32 Å². The van der Waals surface area contributed by atoms with Crippen LogP contribution in [0.4, 0.5) is 0 Å². The summed E-state index contributed by atoms with van der Waals surface area (Å²) < 4.78 is 0. The van der Waals surface area contributed by atoms with E-state index in [1.807, 2.05) is 6.08 Å². The standard InChI is InChI=1S/C76H141NO3/c1-3-5-7-9-11-13-15-17-19-21-23-25-27-29-31-33-34-35-36-37-38-39-40-41-42-44-46-48-50-52-54-56-58-60-62-64-66-68-70-72-76(80)77-74(73-78)75(79)71-69-67-65-63-61-59-57-55-53-51-49-47-45-43-32-30-28-26-24-22-20-18-16-14-12-10-8-6-4-2/h5,7,11,13,17,19,23,25,29,31,69,71,74-75,78-79H,3-4,6,8-10,12,14-16,18,20-22,24,26-28,30,32-68,70,72-73H2,1-2H3,(H,77,80)/b7-5-,13-11-,19-17-,25-23-,31-29-,71-69+. The summed E-state index contributed by atoms with van der Waals surface area (Å²) in [7, 11) is 0. The second-order valence-corrected chi connectivity index (χ2v) is 24.6. The van der Waals surface area contributed by atoms with Gasteiger partial charge in [-0.25, -0.2) is 0 Å². The SMILES string of the molecule is CC/C=C\C/C=C\C/C=C\C/C=C\C/C=C\CCCCCCCCCCCCCCCCCCCCCCCCCC(=O)NC(CO)C(O)/C=C/CCCCCCCCCCCCCCCCCCCCCCCCCCCCC. The summed E-state index contributed by atoms with van der Waals surface area (Å²) in [5, 5.41) is 23.3. The number of aliphatic hydroxyl groups excluding tert-OH is 2. The van der Waals surface area contributed by atoms with Crippen LogP contribution >= 0.6 is 0 Å². The topological polar surface area (TPSA) is 69.6 Å². The highest BCUT2D eigenvalue weighted by atomic mass is 16.3. The van der Waals surface area contributed by atoms with Gasteiger partial charge in [0, 0.05) is 6.42 Å². The Morgan fingerprint density at radius 1 is 0.312 bits per heavy atom. The number of hydrogen-bond acceptors (Lipinski definition) is 3. The first-order valence-electron chi connectivity index (χ1n) is 36.2. The van der Waals surface area contributed by atoms with Crippen molar-refractivity contribution >= 4 is 5.91 Å². The van der Waals surface area contributed by atoms with Crippen molar-refractivity contribution in [1.82, 2.24) is 5.32 Å². The van der Waals surface area contributed by atoms with Gasteiger partial charge in [-0.15, -0.1) is 0 Å². The minimum Gasteiger partial charge on any atom is -0.394 e. The third kappa shape index (κ3) is 66.6. The van der Waals surface area contributed by atoms with Gasteiger partial charge in [-0.1, -0.05) is 389 Å². The molecule has 468 valence electrons. The van der Waals surface area contributed by atoms with Gasteiger partial charge < -0.3 is 15.5 Å². The van der Waals surface area contributed by atoms with Crippen LogP contribution in [0.15, 0.2) is 72.9 Å². The Balaban J connectivity index is 3.42. The zero-order chi connectivity index (χ0) is 57.6. The normalized spacial score (nSPS) is 13.1. The molecule has 2 unspecified atom stereocenters. The lowest BCUT2D eigenvalue weighted by Crippen LogP contribution is -2.45. The molecule has 0 aliphatic heterocycles. The van der Waals surface area contributed by atoms with E-state index in [1.165, 1.54) is 308 Å². The van der Waals surface area contributed by atoms with E-state index in [1.54, 1.807) is 6.08 Å². The lowest BCUT2D eigenvalue weighted by molar-refractivity contribution is -0.123. The molecular weight excluding hydrogens is 975 g/mol. The van der Waals surface area contributed by atoms with Crippen LogP contribution in [0.5, 0.6) is 0 Å². The van der Waals surface area contributed by atoms with E-state index in [9.17, 15) is 15.0 Å². The molecular formula is C76H141NO3. The van der Waals surface area contributed by atoms with Gasteiger partial charge in [-0.2, -0.15) is 0 Å². The summed E-state index contributed by atoms with van der Waals surface area (Å²) in [6.07, 6.45) is 103. The lowest BCUT2D eigenvalue weighted by Gasteiger charge is -2.20. The third-order valence-electron chi connectivity index (χ3n) is 16.7. The van der Waals surface area contributed by atoms with E-state index in [2.05, 4.69) is 79.9 Å². The van der Waals surface area contributed by atoms with Crippen molar-refractivity contribution in [3.05, 3.63) is 72.9 Å². The number of amides is 1. The first-order chi connectivity index (χ1) is 39.7. The molecule has 0 aliphatic carbocycles. The van der Waals surface area contributed by atoms with E-state index in [-0.39, 0.29) is 12.5 Å². The summed E-state index contributed by atoms with van der Waals surface area (Å²) in [6.45, 7) is 4.24. The van der Waals surface area contributed by atoms with E-state index < -0.39 is 12.1 Å². The molecule has 0 aromatic carbocycles. The van der Waals surface area contributed by atoms with Crippen LogP contribution in [-0.2, 0) is 4.79 Å². The Bertz CT molecular complexity index is 1360. The number of rotatable bonds is 67. The number of hydrogen-bond donors (Lipinski definition) is 3. The average molecular weight is 1120 g/mol. The van der Waals surface area contributed by atoms with Gasteiger partial charge in [0.25, 0.3) is 0 Å². The molecule has 80 heavy (non-hydrogen) atoms. The maximum Gasteiger partial charge on any atom is 0.220 e. The fraction of sp³-hybridized carbons (Fsp3) is 0.829. The first kappa shape index (κ1) is 77.8. The Morgan fingerprint density at radius 3 is 0.825 bits per heavy atom. The van der Waals surface area contributed by atoms with Crippen molar-refractivity contribution in [2.24, 2.45) is 0 Å². The molecule has 0 heterocycles. The van der Waals surface area contributed by atoms with Gasteiger partial charge >= 0.3 is 0 Å². The van der Waals surface area contributed by atoms with Gasteiger partial charge in [0.15, 0.2) is 0 Å². The van der Waals surface area contributed by atoms with Gasteiger partial charge in [-0.05, 0) is 64.2 Å². The molecule has 4 heteroatoms. The number of aliphatic hydroxyl groups is 2. The molecule has 0 aromatic rings. The van der Waals surface area contributed by atoms with E-state index in [4.69, 9.17) is 0 Å². The average Bonchev–Trinajstić information content (AvgIpc) is 3.46. The molecule has 4 nitrogen and oxygen atoms in total. The molecule has 1 amide bonds. The molecule has 0 saturated carbocycles. The molecule has 0 aromatic heterocycles. The Hall–Kier alpha value is -2.17. The van der Waals surface area contributed by atoms with Crippen molar-refractivity contribution in [2.75, 3.05) is 6.61 Å². The molecule has 0 aliphatic rings. The quantitative estimate of drug-likeness (QED) is 0.0420.